The van der Waals surface area contributed by atoms with Crippen LogP contribution >= 0.6 is 0 Å². The van der Waals surface area contributed by atoms with Crippen LogP contribution < -0.4 is 16.0 Å². The molecule has 2 rings (SSSR count). The number of nitrogens with two attached hydrogens (primary N) is 1. The van der Waals surface area contributed by atoms with Gasteiger partial charge in [0.25, 0.3) is 15.6 Å². The van der Waals surface area contributed by atoms with E-state index in [9.17, 15) is 13.2 Å². The first-order valence-electron chi connectivity index (χ1n) is 6.43. The number of aromatic nitrogens is 3. The van der Waals surface area contributed by atoms with Crippen molar-refractivity contribution in [3.8, 4) is 0 Å². The minimum absolute atomic E-state index is 0.0619. The number of nitrogens with one attached hydrogen (secondary N) is 1. The number of anilines is 2. The van der Waals surface area contributed by atoms with E-state index in [-0.39, 0.29) is 16.3 Å². The zero-order chi connectivity index (χ0) is 15.6. The number of hydrogen-bond donors (Lipinski definition) is 2. The van der Waals surface area contributed by atoms with E-state index in [1.54, 1.807) is 6.92 Å². The van der Waals surface area contributed by atoms with Crippen LogP contribution in [-0.4, -0.2) is 22.8 Å². The highest BCUT2D eigenvalue weighted by molar-refractivity contribution is 7.92. The lowest BCUT2D eigenvalue weighted by atomic mass is 10.4. The van der Waals surface area contributed by atoms with E-state index in [2.05, 4.69) is 9.82 Å². The third-order valence-corrected chi connectivity index (χ3v) is 4.34. The molecule has 0 aliphatic rings. The summed E-state index contributed by atoms with van der Waals surface area (Å²) in [5.41, 5.74) is 5.73. The second kappa shape index (κ2) is 5.60. The molecule has 114 valence electrons. The van der Waals surface area contributed by atoms with E-state index >= 15 is 0 Å². The summed E-state index contributed by atoms with van der Waals surface area (Å²) < 4.78 is 29.8. The number of pyridine rings is 1. The Balaban J connectivity index is 2.37. The van der Waals surface area contributed by atoms with Crippen LogP contribution in [0.4, 0.5) is 11.5 Å². The molecule has 2 heterocycles. The van der Waals surface area contributed by atoms with Crippen LogP contribution in [0.15, 0.2) is 34.2 Å². The maximum Gasteiger partial charge on any atom is 0.267 e. The molecule has 9 heteroatoms. The van der Waals surface area contributed by atoms with Crippen molar-refractivity contribution >= 4 is 21.5 Å². The Morgan fingerprint density at radius 2 is 1.95 bits per heavy atom. The fourth-order valence-corrected chi connectivity index (χ4v) is 2.95. The number of nitrogen functional groups attached to an aromatic ring is 1. The zero-order valence-electron chi connectivity index (χ0n) is 11.8. The molecule has 0 aromatic carbocycles. The van der Waals surface area contributed by atoms with Gasteiger partial charge in [-0.15, -0.1) is 0 Å². The fourth-order valence-electron chi connectivity index (χ4n) is 1.84. The van der Waals surface area contributed by atoms with Gasteiger partial charge in [0.15, 0.2) is 5.82 Å². The van der Waals surface area contributed by atoms with Gasteiger partial charge < -0.3 is 10.3 Å². The monoisotopic (exact) mass is 311 g/mol. The summed E-state index contributed by atoms with van der Waals surface area (Å²) in [6.07, 6.45) is 2.81. The highest BCUT2D eigenvalue weighted by Crippen LogP contribution is 2.19. The molecule has 8 nitrogen and oxygen atoms in total. The minimum Gasteiger partial charge on any atom is -0.381 e. The molecule has 0 spiro atoms. The van der Waals surface area contributed by atoms with Crippen LogP contribution in [0.5, 0.6) is 0 Å². The van der Waals surface area contributed by atoms with Crippen molar-refractivity contribution < 1.29 is 8.42 Å². The predicted molar refractivity (Wildman–Crippen MR) is 79.5 cm³/mol. The second-order valence-electron chi connectivity index (χ2n) is 4.38. The van der Waals surface area contributed by atoms with Crippen LogP contribution in [-0.2, 0) is 23.1 Å². The van der Waals surface area contributed by atoms with E-state index in [1.165, 1.54) is 33.8 Å². The molecular weight excluding hydrogens is 294 g/mol. The Hall–Kier alpha value is -2.29. The smallest absolute Gasteiger partial charge is 0.267 e. The molecule has 0 aliphatic carbocycles. The number of aryl methyl sites for hydroxylation is 2. The molecule has 0 radical (unpaired) electrons. The molecular formula is C12H17N5O3S. The highest BCUT2D eigenvalue weighted by atomic mass is 32.2. The van der Waals surface area contributed by atoms with E-state index in [4.69, 9.17) is 5.73 Å². The van der Waals surface area contributed by atoms with Gasteiger partial charge in [-0.25, -0.2) is 8.42 Å². The molecule has 0 unspecified atom stereocenters. The number of rotatable bonds is 5. The van der Waals surface area contributed by atoms with Crippen molar-refractivity contribution in [2.24, 2.45) is 0 Å². The maximum absolute atomic E-state index is 12.3. The van der Waals surface area contributed by atoms with Gasteiger partial charge in [-0.3, -0.25) is 14.2 Å². The van der Waals surface area contributed by atoms with Crippen LogP contribution in [0.25, 0.3) is 0 Å². The van der Waals surface area contributed by atoms with E-state index in [1.807, 2.05) is 6.92 Å². The van der Waals surface area contributed by atoms with Crippen molar-refractivity contribution in [2.45, 2.75) is 31.8 Å². The number of sulfonamides is 1. The molecule has 21 heavy (non-hydrogen) atoms. The quantitative estimate of drug-likeness (QED) is 0.833. The summed E-state index contributed by atoms with van der Waals surface area (Å²) >= 11 is 0. The summed E-state index contributed by atoms with van der Waals surface area (Å²) in [4.78, 5) is 11.4. The summed E-state index contributed by atoms with van der Waals surface area (Å²) in [5, 5.41) is 3.90. The Kier molecular flexibility index (Phi) is 4.03. The van der Waals surface area contributed by atoms with Crippen LogP contribution in [0.1, 0.15) is 13.8 Å². The molecule has 2 aromatic rings. The topological polar surface area (TPSA) is 112 Å². The fraction of sp³-hybridized carbons (Fsp3) is 0.333. The van der Waals surface area contributed by atoms with Crippen molar-refractivity contribution in [3.05, 3.63) is 34.9 Å². The predicted octanol–water partition coefficient (Wildman–Crippen LogP) is 0.468. The third-order valence-electron chi connectivity index (χ3n) is 2.94. The summed E-state index contributed by atoms with van der Waals surface area (Å²) in [6.45, 7) is 4.58. The molecule has 0 saturated carbocycles. The Bertz CT molecular complexity index is 807. The summed E-state index contributed by atoms with van der Waals surface area (Å²) in [5.74, 6) is -0.0619. The van der Waals surface area contributed by atoms with Crippen molar-refractivity contribution in [1.82, 2.24) is 14.3 Å². The normalized spacial score (nSPS) is 11.5. The zero-order valence-corrected chi connectivity index (χ0v) is 12.6. The van der Waals surface area contributed by atoms with Gasteiger partial charge in [0.1, 0.15) is 4.90 Å². The summed E-state index contributed by atoms with van der Waals surface area (Å²) in [6, 6.07) is 2.71. The van der Waals surface area contributed by atoms with Crippen LogP contribution in [0.3, 0.4) is 0 Å². The van der Waals surface area contributed by atoms with Gasteiger partial charge in [0.2, 0.25) is 0 Å². The van der Waals surface area contributed by atoms with Crippen molar-refractivity contribution in [1.29, 1.82) is 0 Å². The molecule has 3 N–H and O–H groups in total. The average molecular weight is 311 g/mol. The molecule has 0 atom stereocenters. The van der Waals surface area contributed by atoms with E-state index in [0.29, 0.717) is 18.8 Å². The Morgan fingerprint density at radius 3 is 2.52 bits per heavy atom. The minimum atomic E-state index is -3.84. The van der Waals surface area contributed by atoms with Crippen LogP contribution in [0, 0.1) is 0 Å². The SMILES string of the molecule is CCn1cc(S(=O)(=O)Nc2ccc(=O)n(CC)c2)c(N)n1. The molecule has 0 fully saturated rings. The lowest BCUT2D eigenvalue weighted by Crippen LogP contribution is -2.20. The molecule has 2 aromatic heterocycles. The Morgan fingerprint density at radius 1 is 1.24 bits per heavy atom. The van der Waals surface area contributed by atoms with E-state index in [0.717, 1.165) is 0 Å². The number of hydrogen-bond acceptors (Lipinski definition) is 5. The first-order valence-corrected chi connectivity index (χ1v) is 7.92. The lowest BCUT2D eigenvalue weighted by Gasteiger charge is -2.09. The van der Waals surface area contributed by atoms with Gasteiger partial charge in [0.05, 0.1) is 5.69 Å². The second-order valence-corrected chi connectivity index (χ2v) is 6.03. The average Bonchev–Trinajstić information content (AvgIpc) is 2.83. The van der Waals surface area contributed by atoms with Gasteiger partial charge in [-0.1, -0.05) is 0 Å². The molecule has 0 bridgehead atoms. The molecule has 0 aliphatic heterocycles. The maximum atomic E-state index is 12.3. The number of nitrogens with zero attached hydrogens (tertiary/aromatic N) is 3. The van der Waals surface area contributed by atoms with Gasteiger partial charge >= 0.3 is 0 Å². The standard InChI is InChI=1S/C12H17N5O3S/c1-3-16-7-9(5-6-11(16)18)15-21(19,20)10-8-17(4-2)14-12(10)13/h5-8,15H,3-4H2,1-2H3,(H2,13,14). The first-order chi connectivity index (χ1) is 9.87. The highest BCUT2D eigenvalue weighted by Gasteiger charge is 2.21. The van der Waals surface area contributed by atoms with Crippen molar-refractivity contribution in [3.63, 3.8) is 0 Å². The first kappa shape index (κ1) is 15.1. The molecule has 0 amide bonds. The Labute approximate surface area is 122 Å². The largest absolute Gasteiger partial charge is 0.381 e. The van der Waals surface area contributed by atoms with Crippen LogP contribution in [0.2, 0.25) is 0 Å². The van der Waals surface area contributed by atoms with Crippen molar-refractivity contribution in [2.75, 3.05) is 10.5 Å². The van der Waals surface area contributed by atoms with Gasteiger partial charge in [-0.05, 0) is 19.9 Å². The molecule has 0 saturated heterocycles. The third kappa shape index (κ3) is 3.07. The van der Waals surface area contributed by atoms with Gasteiger partial charge in [0, 0.05) is 31.5 Å². The summed E-state index contributed by atoms with van der Waals surface area (Å²) in [7, 11) is -3.84. The van der Waals surface area contributed by atoms with E-state index < -0.39 is 10.0 Å². The van der Waals surface area contributed by atoms with Gasteiger partial charge in [-0.2, -0.15) is 5.10 Å². The lowest BCUT2D eigenvalue weighted by molar-refractivity contribution is 0.600.